The van der Waals surface area contributed by atoms with E-state index in [1.54, 1.807) is 6.07 Å². The van der Waals surface area contributed by atoms with E-state index in [1.165, 1.54) is 6.33 Å². The van der Waals surface area contributed by atoms with Gasteiger partial charge in [-0.1, -0.05) is 29.3 Å². The van der Waals surface area contributed by atoms with Crippen LogP contribution in [0.25, 0.3) is 0 Å². The second kappa shape index (κ2) is 6.08. The summed E-state index contributed by atoms with van der Waals surface area (Å²) in [5.41, 5.74) is 0.711. The van der Waals surface area contributed by atoms with Gasteiger partial charge in [0.05, 0.1) is 15.7 Å². The van der Waals surface area contributed by atoms with E-state index in [1.807, 2.05) is 32.0 Å². The average Bonchev–Trinajstić information content (AvgIpc) is 2.35. The molecule has 19 heavy (non-hydrogen) atoms. The van der Waals surface area contributed by atoms with Crippen molar-refractivity contribution in [2.24, 2.45) is 0 Å². The van der Waals surface area contributed by atoms with Crippen LogP contribution in [-0.2, 0) is 0 Å². The molecule has 4 nitrogen and oxygen atoms in total. The van der Waals surface area contributed by atoms with E-state index in [0.717, 1.165) is 5.82 Å². The quantitative estimate of drug-likeness (QED) is 0.881. The van der Waals surface area contributed by atoms with Crippen molar-refractivity contribution in [3.63, 3.8) is 0 Å². The smallest absolute Gasteiger partial charge is 0.135 e. The molecule has 0 fully saturated rings. The fourth-order valence-electron chi connectivity index (χ4n) is 1.54. The summed E-state index contributed by atoms with van der Waals surface area (Å²) < 4.78 is 0. The van der Waals surface area contributed by atoms with E-state index in [9.17, 15) is 0 Å². The van der Waals surface area contributed by atoms with Crippen molar-refractivity contribution in [2.75, 3.05) is 10.6 Å². The summed E-state index contributed by atoms with van der Waals surface area (Å²) in [7, 11) is 0. The summed E-state index contributed by atoms with van der Waals surface area (Å²) in [5, 5.41) is 7.30. The summed E-state index contributed by atoms with van der Waals surface area (Å²) in [6, 6.07) is 7.52. The highest BCUT2D eigenvalue weighted by atomic mass is 35.5. The summed E-state index contributed by atoms with van der Waals surface area (Å²) in [5.74, 6) is 1.41. The van der Waals surface area contributed by atoms with Gasteiger partial charge in [0.1, 0.15) is 18.0 Å². The molecule has 0 radical (unpaired) electrons. The molecule has 2 N–H and O–H groups in total. The van der Waals surface area contributed by atoms with Gasteiger partial charge >= 0.3 is 0 Å². The molecule has 0 aliphatic heterocycles. The lowest BCUT2D eigenvalue weighted by Crippen LogP contribution is -2.11. The Morgan fingerprint density at radius 2 is 1.84 bits per heavy atom. The van der Waals surface area contributed by atoms with E-state index >= 15 is 0 Å². The number of benzene rings is 1. The number of hydrogen-bond acceptors (Lipinski definition) is 4. The fraction of sp³-hybridized carbons (Fsp3) is 0.231. The van der Waals surface area contributed by atoms with Gasteiger partial charge in [-0.05, 0) is 26.0 Å². The maximum absolute atomic E-state index is 6.11. The highest BCUT2D eigenvalue weighted by molar-refractivity contribution is 6.43. The summed E-state index contributed by atoms with van der Waals surface area (Å²) >= 11 is 12.1. The van der Waals surface area contributed by atoms with Crippen molar-refractivity contribution in [2.45, 2.75) is 19.9 Å². The van der Waals surface area contributed by atoms with Crippen LogP contribution in [-0.4, -0.2) is 16.0 Å². The van der Waals surface area contributed by atoms with Crippen LogP contribution >= 0.6 is 23.2 Å². The van der Waals surface area contributed by atoms with E-state index < -0.39 is 0 Å². The van der Waals surface area contributed by atoms with Crippen LogP contribution < -0.4 is 10.6 Å². The first-order valence-corrected chi connectivity index (χ1v) is 6.61. The second-order valence-corrected chi connectivity index (χ2v) is 5.10. The third-order valence-corrected chi connectivity index (χ3v) is 3.14. The molecule has 0 aliphatic rings. The number of nitrogens with one attached hydrogen (secondary N) is 2. The molecule has 100 valence electrons. The van der Waals surface area contributed by atoms with Crippen LogP contribution in [0.4, 0.5) is 17.3 Å². The van der Waals surface area contributed by atoms with E-state index in [0.29, 0.717) is 27.6 Å². The Morgan fingerprint density at radius 3 is 2.58 bits per heavy atom. The molecule has 1 heterocycles. The zero-order valence-electron chi connectivity index (χ0n) is 10.6. The van der Waals surface area contributed by atoms with Crippen molar-refractivity contribution in [1.82, 2.24) is 9.97 Å². The number of nitrogens with zero attached hydrogens (tertiary/aromatic N) is 2. The van der Waals surface area contributed by atoms with Crippen molar-refractivity contribution in [1.29, 1.82) is 0 Å². The SMILES string of the molecule is CC(C)Nc1cc(Nc2cccc(Cl)c2Cl)ncn1. The third-order valence-electron chi connectivity index (χ3n) is 2.32. The van der Waals surface area contributed by atoms with Crippen LogP contribution in [0.3, 0.4) is 0 Å². The van der Waals surface area contributed by atoms with Gasteiger partial charge in [0.25, 0.3) is 0 Å². The summed E-state index contributed by atoms with van der Waals surface area (Å²) in [6.07, 6.45) is 1.49. The van der Waals surface area contributed by atoms with E-state index in [-0.39, 0.29) is 0 Å². The molecule has 1 aromatic heterocycles. The highest BCUT2D eigenvalue weighted by Gasteiger charge is 2.06. The molecular formula is C13H14Cl2N4. The first kappa shape index (κ1) is 13.9. The number of hydrogen-bond donors (Lipinski definition) is 2. The number of anilines is 3. The maximum atomic E-state index is 6.11. The van der Waals surface area contributed by atoms with Gasteiger partial charge < -0.3 is 10.6 Å². The summed E-state index contributed by atoms with van der Waals surface area (Å²) in [6.45, 7) is 4.09. The molecule has 1 aromatic carbocycles. The van der Waals surface area contributed by atoms with E-state index in [4.69, 9.17) is 23.2 Å². The minimum Gasteiger partial charge on any atom is -0.368 e. The summed E-state index contributed by atoms with van der Waals surface area (Å²) in [4.78, 5) is 8.29. The predicted octanol–water partition coefficient (Wildman–Crippen LogP) is 4.35. The number of rotatable bonds is 4. The van der Waals surface area contributed by atoms with Gasteiger partial charge in [-0.25, -0.2) is 9.97 Å². The molecule has 0 saturated carbocycles. The van der Waals surface area contributed by atoms with Gasteiger partial charge in [-0.3, -0.25) is 0 Å². The van der Waals surface area contributed by atoms with Crippen LogP contribution in [0.1, 0.15) is 13.8 Å². The molecule has 0 aliphatic carbocycles. The fourth-order valence-corrected chi connectivity index (χ4v) is 1.89. The maximum Gasteiger partial charge on any atom is 0.135 e. The standard InChI is InChI=1S/C13H14Cl2N4/c1-8(2)18-11-6-12(17-7-16-11)19-10-5-3-4-9(14)13(10)15/h3-8H,1-2H3,(H2,16,17,18,19). The number of aromatic nitrogens is 2. The Bertz CT molecular complexity index is 572. The molecule has 0 atom stereocenters. The lowest BCUT2D eigenvalue weighted by Gasteiger charge is -2.11. The molecule has 0 amide bonds. The topological polar surface area (TPSA) is 49.8 Å². The van der Waals surface area contributed by atoms with Crippen LogP contribution in [0.2, 0.25) is 10.0 Å². The normalized spacial score (nSPS) is 10.6. The Balaban J connectivity index is 2.21. The monoisotopic (exact) mass is 296 g/mol. The van der Waals surface area contributed by atoms with Crippen molar-refractivity contribution in [3.05, 3.63) is 40.6 Å². The molecule has 6 heteroatoms. The zero-order valence-corrected chi connectivity index (χ0v) is 12.1. The molecule has 0 saturated heterocycles. The van der Waals surface area contributed by atoms with Gasteiger partial charge in [-0.15, -0.1) is 0 Å². The molecule has 0 bridgehead atoms. The third kappa shape index (κ3) is 3.72. The first-order chi connectivity index (χ1) is 9.06. The molecule has 0 spiro atoms. The van der Waals surface area contributed by atoms with Gasteiger partial charge in [0, 0.05) is 12.1 Å². The van der Waals surface area contributed by atoms with Crippen LogP contribution in [0, 0.1) is 0 Å². The molecule has 0 unspecified atom stereocenters. The van der Waals surface area contributed by atoms with Crippen LogP contribution in [0.15, 0.2) is 30.6 Å². The minimum absolute atomic E-state index is 0.303. The molecule has 2 aromatic rings. The molecular weight excluding hydrogens is 283 g/mol. The predicted molar refractivity (Wildman–Crippen MR) is 80.5 cm³/mol. The molecule has 2 rings (SSSR count). The van der Waals surface area contributed by atoms with Gasteiger partial charge in [0.2, 0.25) is 0 Å². The highest BCUT2D eigenvalue weighted by Crippen LogP contribution is 2.31. The lowest BCUT2D eigenvalue weighted by molar-refractivity contribution is 0.886. The van der Waals surface area contributed by atoms with Gasteiger partial charge in [-0.2, -0.15) is 0 Å². The Labute approximate surface area is 122 Å². The zero-order chi connectivity index (χ0) is 13.8. The largest absolute Gasteiger partial charge is 0.368 e. The van der Waals surface area contributed by atoms with E-state index in [2.05, 4.69) is 20.6 Å². The second-order valence-electron chi connectivity index (χ2n) is 4.31. The minimum atomic E-state index is 0.303. The number of halogens is 2. The van der Waals surface area contributed by atoms with Crippen LogP contribution in [0.5, 0.6) is 0 Å². The Kier molecular flexibility index (Phi) is 4.45. The first-order valence-electron chi connectivity index (χ1n) is 5.86. The average molecular weight is 297 g/mol. The van der Waals surface area contributed by atoms with Crippen molar-refractivity contribution < 1.29 is 0 Å². The van der Waals surface area contributed by atoms with Crippen molar-refractivity contribution in [3.8, 4) is 0 Å². The lowest BCUT2D eigenvalue weighted by atomic mass is 10.3. The Morgan fingerprint density at radius 1 is 1.11 bits per heavy atom. The Hall–Kier alpha value is -1.52. The van der Waals surface area contributed by atoms with Crippen molar-refractivity contribution >= 4 is 40.5 Å². The van der Waals surface area contributed by atoms with Gasteiger partial charge in [0.15, 0.2) is 0 Å².